The highest BCUT2D eigenvalue weighted by Crippen LogP contribution is 2.19. The van der Waals surface area contributed by atoms with Crippen LogP contribution in [-0.2, 0) is 6.42 Å². The van der Waals surface area contributed by atoms with E-state index in [4.69, 9.17) is 27.9 Å². The highest BCUT2D eigenvalue weighted by Gasteiger charge is 2.11. The summed E-state index contributed by atoms with van der Waals surface area (Å²) in [6.07, 6.45) is -0.700. The minimum absolute atomic E-state index is 0.0479. The third kappa shape index (κ3) is 4.37. The molecule has 2 aromatic carbocycles. The van der Waals surface area contributed by atoms with Crippen LogP contribution in [0.1, 0.15) is 5.56 Å². The Morgan fingerprint density at radius 2 is 1.85 bits per heavy atom. The quantitative estimate of drug-likeness (QED) is 0.899. The molecule has 0 aromatic heterocycles. The van der Waals surface area contributed by atoms with Gasteiger partial charge in [0.25, 0.3) is 0 Å². The molecule has 2 rings (SSSR count). The number of benzene rings is 2. The topological polar surface area (TPSA) is 29.5 Å². The summed E-state index contributed by atoms with van der Waals surface area (Å²) >= 11 is 11.6. The van der Waals surface area contributed by atoms with Crippen LogP contribution in [0.25, 0.3) is 0 Å². The molecule has 0 radical (unpaired) electrons. The second kappa shape index (κ2) is 6.93. The molecule has 5 heteroatoms. The zero-order chi connectivity index (χ0) is 14.5. The summed E-state index contributed by atoms with van der Waals surface area (Å²) in [7, 11) is 0. The Morgan fingerprint density at radius 1 is 1.10 bits per heavy atom. The lowest BCUT2D eigenvalue weighted by molar-refractivity contribution is 0.107. The highest BCUT2D eigenvalue weighted by molar-refractivity contribution is 6.30. The van der Waals surface area contributed by atoms with Crippen molar-refractivity contribution in [1.29, 1.82) is 0 Å². The van der Waals surface area contributed by atoms with E-state index in [-0.39, 0.29) is 13.0 Å². The summed E-state index contributed by atoms with van der Waals surface area (Å²) in [5.41, 5.74) is 0.361. The number of hydrogen-bond donors (Lipinski definition) is 1. The number of aliphatic hydroxyl groups is 1. The van der Waals surface area contributed by atoms with Gasteiger partial charge in [0, 0.05) is 16.5 Å². The van der Waals surface area contributed by atoms with Crippen molar-refractivity contribution in [3.05, 3.63) is 63.9 Å². The second-order valence-electron chi connectivity index (χ2n) is 4.36. The molecule has 106 valence electrons. The summed E-state index contributed by atoms with van der Waals surface area (Å²) in [5, 5.41) is 10.9. The summed E-state index contributed by atoms with van der Waals surface area (Å²) in [6.45, 7) is 0.0479. The minimum atomic E-state index is -0.832. The monoisotopic (exact) mass is 314 g/mol. The third-order valence-electron chi connectivity index (χ3n) is 2.70. The van der Waals surface area contributed by atoms with Crippen LogP contribution in [0.15, 0.2) is 42.5 Å². The molecule has 0 aliphatic rings. The molecule has 1 atom stereocenters. The first-order valence-electron chi connectivity index (χ1n) is 6.05. The van der Waals surface area contributed by atoms with Crippen molar-refractivity contribution >= 4 is 23.2 Å². The van der Waals surface area contributed by atoms with Gasteiger partial charge >= 0.3 is 0 Å². The number of aliphatic hydroxyl groups excluding tert-OH is 1. The van der Waals surface area contributed by atoms with Crippen molar-refractivity contribution in [2.24, 2.45) is 0 Å². The summed E-state index contributed by atoms with van der Waals surface area (Å²) in [6, 6.07) is 11.1. The molecular formula is C15H13Cl2FO2. The Kier molecular flexibility index (Phi) is 5.24. The molecule has 1 N–H and O–H groups in total. The van der Waals surface area contributed by atoms with Crippen molar-refractivity contribution in [3.63, 3.8) is 0 Å². The van der Waals surface area contributed by atoms with Crippen LogP contribution in [0.3, 0.4) is 0 Å². The van der Waals surface area contributed by atoms with Crippen molar-refractivity contribution in [3.8, 4) is 5.75 Å². The largest absolute Gasteiger partial charge is 0.491 e. The van der Waals surface area contributed by atoms with E-state index in [1.54, 1.807) is 24.3 Å². The number of hydrogen-bond acceptors (Lipinski definition) is 2. The normalized spacial score (nSPS) is 12.2. The molecule has 2 nitrogen and oxygen atoms in total. The Balaban J connectivity index is 1.92. The molecule has 0 saturated heterocycles. The average Bonchev–Trinajstić information content (AvgIpc) is 2.41. The molecule has 1 unspecified atom stereocenters. The standard InChI is InChI=1S/C15H13Cl2FO2/c16-11-2-1-3-14(8-11)20-9-13(19)7-10-6-12(17)4-5-15(10)18/h1-6,8,13,19H,7,9H2. The van der Waals surface area contributed by atoms with E-state index >= 15 is 0 Å². The summed E-state index contributed by atoms with van der Waals surface area (Å²) in [4.78, 5) is 0. The Labute approximate surface area is 126 Å². The van der Waals surface area contributed by atoms with Crippen LogP contribution < -0.4 is 4.74 Å². The summed E-state index contributed by atoms with van der Waals surface area (Å²) < 4.78 is 18.9. The van der Waals surface area contributed by atoms with Crippen LogP contribution in [0.2, 0.25) is 10.0 Å². The fraction of sp³-hybridized carbons (Fsp3) is 0.200. The van der Waals surface area contributed by atoms with Crippen LogP contribution in [0.5, 0.6) is 5.75 Å². The fourth-order valence-corrected chi connectivity index (χ4v) is 2.14. The Hall–Kier alpha value is -1.29. The zero-order valence-corrected chi connectivity index (χ0v) is 12.0. The molecule has 2 aromatic rings. The van der Waals surface area contributed by atoms with E-state index in [0.717, 1.165) is 0 Å². The Morgan fingerprint density at radius 3 is 2.60 bits per heavy atom. The van der Waals surface area contributed by atoms with Gasteiger partial charge in [-0.05, 0) is 42.0 Å². The first-order valence-corrected chi connectivity index (χ1v) is 6.80. The molecule has 0 fully saturated rings. The third-order valence-corrected chi connectivity index (χ3v) is 3.17. The van der Waals surface area contributed by atoms with Crippen molar-refractivity contribution in [1.82, 2.24) is 0 Å². The lowest BCUT2D eigenvalue weighted by Gasteiger charge is -2.13. The van der Waals surface area contributed by atoms with Gasteiger partial charge in [-0.3, -0.25) is 0 Å². The molecule has 0 amide bonds. The van der Waals surface area contributed by atoms with Crippen LogP contribution >= 0.6 is 23.2 Å². The predicted molar refractivity (Wildman–Crippen MR) is 78.1 cm³/mol. The van der Waals surface area contributed by atoms with E-state index in [9.17, 15) is 9.50 Å². The van der Waals surface area contributed by atoms with Gasteiger partial charge in [-0.1, -0.05) is 29.3 Å². The van der Waals surface area contributed by atoms with E-state index in [1.807, 2.05) is 0 Å². The molecule has 20 heavy (non-hydrogen) atoms. The molecule has 0 bridgehead atoms. The van der Waals surface area contributed by atoms with Gasteiger partial charge < -0.3 is 9.84 Å². The smallest absolute Gasteiger partial charge is 0.126 e. The van der Waals surface area contributed by atoms with Crippen LogP contribution in [0, 0.1) is 5.82 Å². The number of rotatable bonds is 5. The predicted octanol–water partition coefficient (Wildman–Crippen LogP) is 4.11. The fourth-order valence-electron chi connectivity index (χ4n) is 1.76. The molecule has 0 saturated carbocycles. The highest BCUT2D eigenvalue weighted by atomic mass is 35.5. The molecule has 0 aliphatic heterocycles. The van der Waals surface area contributed by atoms with Gasteiger partial charge in [-0.2, -0.15) is 0 Å². The average molecular weight is 315 g/mol. The van der Waals surface area contributed by atoms with Crippen molar-refractivity contribution < 1.29 is 14.2 Å². The summed E-state index contributed by atoms with van der Waals surface area (Å²) in [5.74, 6) is 0.166. The Bertz CT molecular complexity index is 590. The maximum absolute atomic E-state index is 13.5. The van der Waals surface area contributed by atoms with Gasteiger partial charge in [0.05, 0.1) is 6.10 Å². The van der Waals surface area contributed by atoms with Crippen LogP contribution in [-0.4, -0.2) is 17.8 Å². The number of ether oxygens (including phenoxy) is 1. The van der Waals surface area contributed by atoms with E-state index in [0.29, 0.717) is 21.4 Å². The van der Waals surface area contributed by atoms with E-state index < -0.39 is 11.9 Å². The number of halogens is 3. The van der Waals surface area contributed by atoms with Crippen molar-refractivity contribution in [2.45, 2.75) is 12.5 Å². The minimum Gasteiger partial charge on any atom is -0.491 e. The first-order chi connectivity index (χ1) is 9.54. The van der Waals surface area contributed by atoms with Gasteiger partial charge in [0.1, 0.15) is 18.2 Å². The van der Waals surface area contributed by atoms with E-state index in [1.165, 1.54) is 18.2 Å². The van der Waals surface area contributed by atoms with Gasteiger partial charge in [-0.25, -0.2) is 4.39 Å². The molecule has 0 heterocycles. The molecular weight excluding hydrogens is 302 g/mol. The van der Waals surface area contributed by atoms with Gasteiger partial charge in [0.2, 0.25) is 0 Å². The molecule has 0 aliphatic carbocycles. The van der Waals surface area contributed by atoms with E-state index in [2.05, 4.69) is 0 Å². The van der Waals surface area contributed by atoms with Crippen molar-refractivity contribution in [2.75, 3.05) is 6.61 Å². The van der Waals surface area contributed by atoms with Gasteiger partial charge in [-0.15, -0.1) is 0 Å². The maximum Gasteiger partial charge on any atom is 0.126 e. The maximum atomic E-state index is 13.5. The molecule has 0 spiro atoms. The second-order valence-corrected chi connectivity index (χ2v) is 5.23. The first kappa shape index (κ1) is 15.1. The lowest BCUT2D eigenvalue weighted by Crippen LogP contribution is -2.20. The zero-order valence-electron chi connectivity index (χ0n) is 10.5. The lowest BCUT2D eigenvalue weighted by atomic mass is 10.1. The van der Waals surface area contributed by atoms with Gasteiger partial charge in [0.15, 0.2) is 0 Å². The SMILES string of the molecule is OC(COc1cccc(Cl)c1)Cc1cc(Cl)ccc1F. The van der Waals surface area contributed by atoms with Crippen LogP contribution in [0.4, 0.5) is 4.39 Å².